The van der Waals surface area contributed by atoms with Crippen LogP contribution in [0.25, 0.3) is 0 Å². The van der Waals surface area contributed by atoms with Crippen molar-refractivity contribution in [1.29, 1.82) is 0 Å². The van der Waals surface area contributed by atoms with E-state index in [4.69, 9.17) is 16.1 Å². The fourth-order valence-corrected chi connectivity index (χ4v) is 1.13. The zero-order valence-corrected chi connectivity index (χ0v) is 10.6. The summed E-state index contributed by atoms with van der Waals surface area (Å²) in [4.78, 5) is 0. The van der Waals surface area contributed by atoms with Gasteiger partial charge < -0.3 is 15.3 Å². The molecule has 0 aromatic rings. The van der Waals surface area contributed by atoms with Crippen LogP contribution < -0.4 is 0 Å². The molecule has 0 spiro atoms. The number of hydrogen-bond donors (Lipinski definition) is 2. The minimum atomic E-state index is -4.14. The summed E-state index contributed by atoms with van der Waals surface area (Å²) >= 11 is 0. The van der Waals surface area contributed by atoms with Crippen molar-refractivity contribution < 1.29 is 28.3 Å². The number of aliphatic hydroxyl groups excluding tert-OH is 1. The molecule has 1 radical (unpaired) electrons. The van der Waals surface area contributed by atoms with E-state index in [-0.39, 0.29) is 48.2 Å². The molecule has 8 heteroatoms. The summed E-state index contributed by atoms with van der Waals surface area (Å²) in [6.45, 7) is -0.202. The van der Waals surface area contributed by atoms with Crippen LogP contribution in [0.1, 0.15) is 0 Å². The first-order valence-corrected chi connectivity index (χ1v) is 4.71. The van der Waals surface area contributed by atoms with Crippen molar-refractivity contribution in [3.63, 3.8) is 0 Å². The van der Waals surface area contributed by atoms with Gasteiger partial charge in [0.05, 0.1) is 12.7 Å². The molecule has 0 fully saturated rings. The molecule has 0 amide bonds. The van der Waals surface area contributed by atoms with E-state index in [1.165, 1.54) is 0 Å². The van der Waals surface area contributed by atoms with Gasteiger partial charge in [0, 0.05) is 29.6 Å². The van der Waals surface area contributed by atoms with Crippen molar-refractivity contribution in [2.75, 3.05) is 19.0 Å². The van der Waals surface area contributed by atoms with E-state index in [1.807, 2.05) is 0 Å². The Morgan fingerprint density at radius 2 is 2.00 bits per heavy atom. The predicted octanol–water partition coefficient (Wildman–Crippen LogP) is -2.32. The van der Waals surface area contributed by atoms with Crippen LogP contribution in [-0.4, -0.2) is 78.2 Å². The molecule has 0 saturated carbocycles. The SMILES string of the molecule is C#CCOCC(O)CS(=O)(=O)O.O.[Na]. The molecule has 14 heavy (non-hydrogen) atoms. The molecule has 0 aliphatic carbocycles. The molecule has 1 atom stereocenters. The summed E-state index contributed by atoms with van der Waals surface area (Å²) in [6, 6.07) is 0. The third kappa shape index (κ3) is 14.9. The normalized spacial score (nSPS) is 11.8. The van der Waals surface area contributed by atoms with Gasteiger partial charge in [-0.3, -0.25) is 4.55 Å². The second-order valence-electron chi connectivity index (χ2n) is 2.12. The number of rotatable bonds is 5. The molecular formula is C6H12NaO6S. The van der Waals surface area contributed by atoms with Crippen LogP contribution in [0, 0.1) is 12.3 Å². The topological polar surface area (TPSA) is 115 Å². The van der Waals surface area contributed by atoms with Crippen LogP contribution in [0.4, 0.5) is 0 Å². The fourth-order valence-electron chi connectivity index (χ4n) is 0.545. The molecule has 0 aromatic carbocycles. The van der Waals surface area contributed by atoms with Crippen molar-refractivity contribution in [2.45, 2.75) is 6.10 Å². The molecule has 0 aliphatic heterocycles. The summed E-state index contributed by atoms with van der Waals surface area (Å²) < 4.78 is 33.2. The van der Waals surface area contributed by atoms with Crippen molar-refractivity contribution >= 4 is 39.7 Å². The summed E-state index contributed by atoms with van der Waals surface area (Å²) in [5, 5.41) is 8.88. The van der Waals surface area contributed by atoms with Gasteiger partial charge in [-0.15, -0.1) is 6.42 Å². The Kier molecular flexibility index (Phi) is 14.0. The zero-order valence-electron chi connectivity index (χ0n) is 7.80. The molecule has 79 valence electrons. The fraction of sp³-hybridized carbons (Fsp3) is 0.667. The second kappa shape index (κ2) is 9.89. The van der Waals surface area contributed by atoms with E-state index < -0.39 is 22.0 Å². The van der Waals surface area contributed by atoms with Crippen molar-refractivity contribution in [3.8, 4) is 12.3 Å². The number of terminal acetylenes is 1. The largest absolute Gasteiger partial charge is 0.412 e. The van der Waals surface area contributed by atoms with Gasteiger partial charge in [0.1, 0.15) is 12.4 Å². The van der Waals surface area contributed by atoms with E-state index in [2.05, 4.69) is 10.7 Å². The Labute approximate surface area is 105 Å². The van der Waals surface area contributed by atoms with Gasteiger partial charge >= 0.3 is 0 Å². The summed E-state index contributed by atoms with van der Waals surface area (Å²) in [7, 11) is -4.14. The smallest absolute Gasteiger partial charge is 0.267 e. The van der Waals surface area contributed by atoms with Crippen LogP contribution in [0.5, 0.6) is 0 Å². The summed E-state index contributed by atoms with van der Waals surface area (Å²) in [5.74, 6) is 1.40. The van der Waals surface area contributed by atoms with Gasteiger partial charge in [0.25, 0.3) is 10.1 Å². The van der Waals surface area contributed by atoms with Crippen LogP contribution in [0.3, 0.4) is 0 Å². The molecule has 0 bridgehead atoms. The molecule has 0 saturated heterocycles. The Hall–Kier alpha value is 0.350. The maximum absolute atomic E-state index is 10.2. The Bertz CT molecular complexity index is 256. The minimum Gasteiger partial charge on any atom is -0.412 e. The molecule has 0 heterocycles. The van der Waals surface area contributed by atoms with E-state index >= 15 is 0 Å². The van der Waals surface area contributed by atoms with Gasteiger partial charge in [-0.2, -0.15) is 8.42 Å². The van der Waals surface area contributed by atoms with Gasteiger partial charge in [-0.1, -0.05) is 5.92 Å². The third-order valence-corrected chi connectivity index (χ3v) is 1.70. The van der Waals surface area contributed by atoms with Gasteiger partial charge in [-0.25, -0.2) is 0 Å². The van der Waals surface area contributed by atoms with E-state index in [9.17, 15) is 8.42 Å². The monoisotopic (exact) mass is 235 g/mol. The molecule has 4 N–H and O–H groups in total. The number of aliphatic hydroxyl groups is 1. The van der Waals surface area contributed by atoms with E-state index in [1.54, 1.807) is 0 Å². The van der Waals surface area contributed by atoms with Crippen molar-refractivity contribution in [2.24, 2.45) is 0 Å². The van der Waals surface area contributed by atoms with Crippen LogP contribution >= 0.6 is 0 Å². The second-order valence-corrected chi connectivity index (χ2v) is 3.62. The van der Waals surface area contributed by atoms with Gasteiger partial charge in [-0.05, 0) is 0 Å². The first-order valence-electron chi connectivity index (χ1n) is 3.10. The van der Waals surface area contributed by atoms with Crippen LogP contribution in [-0.2, 0) is 14.9 Å². The molecule has 1 unspecified atom stereocenters. The zero-order chi connectivity index (χ0) is 9.61. The number of hydrogen-bond acceptors (Lipinski definition) is 4. The number of ether oxygens (including phenoxy) is 1. The standard InChI is InChI=1S/C6H10O5S.Na.H2O/c1-2-3-11-4-6(7)5-12(8,9)10;;/h1,6-7H,3-5H2,(H,8,9,10);;1H2. The maximum Gasteiger partial charge on any atom is 0.267 e. The van der Waals surface area contributed by atoms with E-state index in [0.29, 0.717) is 0 Å². The third-order valence-electron chi connectivity index (χ3n) is 0.899. The Balaban J connectivity index is -0.000000605. The van der Waals surface area contributed by atoms with Crippen LogP contribution in [0.2, 0.25) is 0 Å². The van der Waals surface area contributed by atoms with Crippen molar-refractivity contribution in [3.05, 3.63) is 0 Å². The van der Waals surface area contributed by atoms with Crippen molar-refractivity contribution in [1.82, 2.24) is 0 Å². The van der Waals surface area contributed by atoms with E-state index in [0.717, 1.165) is 0 Å². The molecule has 6 nitrogen and oxygen atoms in total. The molecule has 0 aromatic heterocycles. The van der Waals surface area contributed by atoms with Gasteiger partial charge in [0.2, 0.25) is 0 Å². The average Bonchev–Trinajstić information content (AvgIpc) is 1.84. The molecular weight excluding hydrogens is 223 g/mol. The average molecular weight is 235 g/mol. The Morgan fingerprint density at radius 3 is 2.36 bits per heavy atom. The Morgan fingerprint density at radius 1 is 1.50 bits per heavy atom. The van der Waals surface area contributed by atoms with Crippen LogP contribution in [0.15, 0.2) is 0 Å². The molecule has 0 aliphatic rings. The molecule has 0 rings (SSSR count). The first kappa shape index (κ1) is 19.9. The minimum absolute atomic E-state index is 0. The summed E-state index contributed by atoms with van der Waals surface area (Å²) in [5.41, 5.74) is 0. The summed E-state index contributed by atoms with van der Waals surface area (Å²) in [6.07, 6.45) is 3.58. The van der Waals surface area contributed by atoms with Gasteiger partial charge in [0.15, 0.2) is 0 Å². The maximum atomic E-state index is 10.2. The quantitative estimate of drug-likeness (QED) is 0.240. The predicted molar refractivity (Wildman–Crippen MR) is 51.4 cm³/mol. The first-order chi connectivity index (χ1) is 5.45.